The normalized spacial score (nSPS) is 10.6. The van der Waals surface area contributed by atoms with Crippen molar-refractivity contribution in [2.75, 3.05) is 5.32 Å². The number of carbonyl (C=O) groups excluding carboxylic acids is 1. The third kappa shape index (κ3) is 3.83. The number of thiophene rings is 1. The van der Waals surface area contributed by atoms with E-state index in [2.05, 4.69) is 41.6 Å². The molecular weight excluding hydrogens is 338 g/mol. The van der Waals surface area contributed by atoms with E-state index in [-0.39, 0.29) is 5.91 Å². The van der Waals surface area contributed by atoms with Gasteiger partial charge in [0.15, 0.2) is 5.13 Å². The summed E-state index contributed by atoms with van der Waals surface area (Å²) in [7, 11) is 0. The third-order valence-electron chi connectivity index (χ3n) is 3.63. The average Bonchev–Trinajstić information content (AvgIpc) is 3.17. The van der Waals surface area contributed by atoms with Gasteiger partial charge in [-0.2, -0.15) is 0 Å². The zero-order valence-corrected chi connectivity index (χ0v) is 15.5. The van der Waals surface area contributed by atoms with E-state index < -0.39 is 0 Å². The van der Waals surface area contributed by atoms with Crippen molar-refractivity contribution in [3.05, 3.63) is 62.3 Å². The Balaban J connectivity index is 1.71. The first-order chi connectivity index (χ1) is 11.5. The van der Waals surface area contributed by atoms with Crippen molar-refractivity contribution in [2.45, 2.75) is 27.3 Å². The molecule has 124 valence electrons. The molecule has 1 amide bonds. The minimum atomic E-state index is -0.0768. The molecule has 0 saturated heterocycles. The number of carbonyl (C=O) groups is 1. The van der Waals surface area contributed by atoms with Crippen LogP contribution < -0.4 is 10.6 Å². The highest BCUT2D eigenvalue weighted by molar-refractivity contribution is 7.17. The van der Waals surface area contributed by atoms with Crippen LogP contribution in [0.3, 0.4) is 0 Å². The summed E-state index contributed by atoms with van der Waals surface area (Å²) in [6.45, 7) is 6.54. The summed E-state index contributed by atoms with van der Waals surface area (Å²) in [5, 5.41) is 9.01. The predicted molar refractivity (Wildman–Crippen MR) is 102 cm³/mol. The van der Waals surface area contributed by atoms with Gasteiger partial charge in [0.05, 0.1) is 12.2 Å². The molecule has 0 atom stereocenters. The van der Waals surface area contributed by atoms with E-state index in [0.29, 0.717) is 11.4 Å². The SMILES string of the molecule is Cc1ccc(Nc2nc(C)c(C(=O)NCc3cccs3)s2)c(C)c1. The summed E-state index contributed by atoms with van der Waals surface area (Å²) in [5.74, 6) is -0.0768. The van der Waals surface area contributed by atoms with Gasteiger partial charge in [-0.15, -0.1) is 11.3 Å². The first-order valence-corrected chi connectivity index (χ1v) is 9.35. The fourth-order valence-corrected chi connectivity index (χ4v) is 3.93. The van der Waals surface area contributed by atoms with Crippen molar-refractivity contribution in [3.8, 4) is 0 Å². The average molecular weight is 358 g/mol. The number of aromatic nitrogens is 1. The lowest BCUT2D eigenvalue weighted by molar-refractivity contribution is 0.0954. The maximum absolute atomic E-state index is 12.4. The number of hydrogen-bond acceptors (Lipinski definition) is 5. The van der Waals surface area contributed by atoms with Gasteiger partial charge in [0.25, 0.3) is 5.91 Å². The Morgan fingerprint density at radius 3 is 2.75 bits per heavy atom. The molecule has 4 nitrogen and oxygen atoms in total. The molecule has 0 fully saturated rings. The number of anilines is 2. The molecule has 0 aliphatic carbocycles. The van der Waals surface area contributed by atoms with E-state index in [1.165, 1.54) is 16.9 Å². The van der Waals surface area contributed by atoms with Gasteiger partial charge in [-0.25, -0.2) is 4.98 Å². The summed E-state index contributed by atoms with van der Waals surface area (Å²) >= 11 is 3.02. The Labute approximate surface area is 149 Å². The maximum Gasteiger partial charge on any atom is 0.263 e. The van der Waals surface area contributed by atoms with E-state index in [9.17, 15) is 4.79 Å². The predicted octanol–water partition coefficient (Wildman–Crippen LogP) is 4.80. The van der Waals surface area contributed by atoms with Crippen LogP contribution in [0.25, 0.3) is 0 Å². The van der Waals surface area contributed by atoms with Gasteiger partial charge in [-0.1, -0.05) is 35.1 Å². The lowest BCUT2D eigenvalue weighted by Gasteiger charge is -2.07. The number of rotatable bonds is 5. The topological polar surface area (TPSA) is 54.0 Å². The molecule has 0 aliphatic heterocycles. The largest absolute Gasteiger partial charge is 0.346 e. The van der Waals surface area contributed by atoms with Crippen LogP contribution >= 0.6 is 22.7 Å². The number of hydrogen-bond donors (Lipinski definition) is 2. The molecule has 3 aromatic rings. The zero-order valence-electron chi connectivity index (χ0n) is 13.8. The smallest absolute Gasteiger partial charge is 0.263 e. The number of benzene rings is 1. The Morgan fingerprint density at radius 2 is 2.04 bits per heavy atom. The number of amides is 1. The summed E-state index contributed by atoms with van der Waals surface area (Å²) in [5.41, 5.74) is 4.14. The van der Waals surface area contributed by atoms with Crippen LogP contribution in [-0.2, 0) is 6.54 Å². The van der Waals surface area contributed by atoms with Crippen LogP contribution in [0, 0.1) is 20.8 Å². The van der Waals surface area contributed by atoms with Crippen molar-refractivity contribution in [2.24, 2.45) is 0 Å². The maximum atomic E-state index is 12.4. The monoisotopic (exact) mass is 357 g/mol. The lowest BCUT2D eigenvalue weighted by Crippen LogP contribution is -2.22. The molecule has 0 bridgehead atoms. The lowest BCUT2D eigenvalue weighted by atomic mass is 10.1. The van der Waals surface area contributed by atoms with Gasteiger partial charge in [-0.05, 0) is 43.8 Å². The Hall–Kier alpha value is -2.18. The van der Waals surface area contributed by atoms with E-state index in [1.807, 2.05) is 30.5 Å². The van der Waals surface area contributed by atoms with Crippen molar-refractivity contribution in [1.82, 2.24) is 10.3 Å². The summed E-state index contributed by atoms with van der Waals surface area (Å²) in [4.78, 5) is 18.6. The summed E-state index contributed by atoms with van der Waals surface area (Å²) in [6.07, 6.45) is 0. The van der Waals surface area contributed by atoms with Crippen molar-refractivity contribution in [1.29, 1.82) is 0 Å². The second kappa shape index (κ2) is 7.15. The second-order valence-corrected chi connectivity index (χ2v) is 7.67. The molecule has 0 aliphatic rings. The van der Waals surface area contributed by atoms with Gasteiger partial charge in [0, 0.05) is 10.6 Å². The molecule has 1 aromatic carbocycles. The van der Waals surface area contributed by atoms with E-state index in [4.69, 9.17) is 0 Å². The minimum absolute atomic E-state index is 0.0768. The first-order valence-electron chi connectivity index (χ1n) is 7.65. The number of aryl methyl sites for hydroxylation is 3. The first kappa shape index (κ1) is 16.7. The highest BCUT2D eigenvalue weighted by Gasteiger charge is 2.15. The molecule has 2 heterocycles. The number of nitrogens with zero attached hydrogens (tertiary/aromatic N) is 1. The minimum Gasteiger partial charge on any atom is -0.346 e. The highest BCUT2D eigenvalue weighted by Crippen LogP contribution is 2.27. The second-order valence-electron chi connectivity index (χ2n) is 5.64. The van der Waals surface area contributed by atoms with Gasteiger partial charge in [-0.3, -0.25) is 4.79 Å². The van der Waals surface area contributed by atoms with Crippen LogP contribution in [0.4, 0.5) is 10.8 Å². The van der Waals surface area contributed by atoms with Gasteiger partial charge < -0.3 is 10.6 Å². The molecule has 0 spiro atoms. The Kier molecular flexibility index (Phi) is 4.97. The quantitative estimate of drug-likeness (QED) is 0.689. The van der Waals surface area contributed by atoms with Gasteiger partial charge in [0.2, 0.25) is 0 Å². The summed E-state index contributed by atoms with van der Waals surface area (Å²) in [6, 6.07) is 10.2. The molecule has 3 rings (SSSR count). The highest BCUT2D eigenvalue weighted by atomic mass is 32.1. The zero-order chi connectivity index (χ0) is 17.1. The number of thiazole rings is 1. The standard InChI is InChI=1S/C18H19N3OS2/c1-11-6-7-15(12(2)9-11)21-18-20-13(3)16(24-18)17(22)19-10-14-5-4-8-23-14/h4-9H,10H2,1-3H3,(H,19,22)(H,20,21). The van der Waals surface area contributed by atoms with Gasteiger partial charge in [0.1, 0.15) is 4.88 Å². The van der Waals surface area contributed by atoms with Crippen molar-refractivity contribution < 1.29 is 4.79 Å². The molecule has 6 heteroatoms. The molecule has 0 unspecified atom stereocenters. The fraction of sp³-hybridized carbons (Fsp3) is 0.222. The van der Waals surface area contributed by atoms with Crippen molar-refractivity contribution >= 4 is 39.4 Å². The van der Waals surface area contributed by atoms with Gasteiger partial charge >= 0.3 is 0 Å². The Bertz CT molecular complexity index is 853. The molecule has 24 heavy (non-hydrogen) atoms. The molecule has 2 aromatic heterocycles. The van der Waals surface area contributed by atoms with E-state index in [1.54, 1.807) is 11.3 Å². The molecule has 0 radical (unpaired) electrons. The van der Waals surface area contributed by atoms with Crippen LogP contribution in [0.2, 0.25) is 0 Å². The van der Waals surface area contributed by atoms with E-state index >= 15 is 0 Å². The van der Waals surface area contributed by atoms with Crippen LogP contribution in [0.1, 0.15) is 31.4 Å². The Morgan fingerprint density at radius 1 is 1.21 bits per heavy atom. The molecule has 0 saturated carbocycles. The molecular formula is C18H19N3OS2. The van der Waals surface area contributed by atoms with Crippen LogP contribution in [0.5, 0.6) is 0 Å². The van der Waals surface area contributed by atoms with Crippen LogP contribution in [-0.4, -0.2) is 10.9 Å². The van der Waals surface area contributed by atoms with E-state index in [0.717, 1.165) is 27.0 Å². The summed E-state index contributed by atoms with van der Waals surface area (Å²) < 4.78 is 0. The fourth-order valence-electron chi connectivity index (χ4n) is 2.39. The van der Waals surface area contributed by atoms with Crippen molar-refractivity contribution in [3.63, 3.8) is 0 Å². The third-order valence-corrected chi connectivity index (χ3v) is 5.58. The number of nitrogens with one attached hydrogen (secondary N) is 2. The molecule has 2 N–H and O–H groups in total. The van der Waals surface area contributed by atoms with Crippen LogP contribution in [0.15, 0.2) is 35.7 Å².